The summed E-state index contributed by atoms with van der Waals surface area (Å²) in [4.78, 5) is 23.8. The SMILES string of the molecule is C=CC[C@@](C)([As]C(=O)OCC1c2ccccc2-c2ccccc21)C(=O)O. The number of hydrogen-bond donors (Lipinski definition) is 1. The molecule has 133 valence electrons. The summed E-state index contributed by atoms with van der Waals surface area (Å²) in [5.74, 6) is -0.992. The Morgan fingerprint density at radius 3 is 2.19 bits per heavy atom. The van der Waals surface area contributed by atoms with Gasteiger partial charge in [0.15, 0.2) is 0 Å². The molecule has 1 aliphatic carbocycles. The summed E-state index contributed by atoms with van der Waals surface area (Å²) in [6.07, 6.45) is 1.80. The van der Waals surface area contributed by atoms with Gasteiger partial charge in [0.05, 0.1) is 0 Å². The molecule has 0 saturated heterocycles. The second-order valence-electron chi connectivity index (χ2n) is 6.49. The fraction of sp³-hybridized carbons (Fsp3) is 0.238. The van der Waals surface area contributed by atoms with E-state index in [1.54, 1.807) is 13.0 Å². The second-order valence-corrected chi connectivity index (χ2v) is 9.79. The van der Waals surface area contributed by atoms with Crippen LogP contribution >= 0.6 is 0 Å². The van der Waals surface area contributed by atoms with Crippen molar-refractivity contribution in [2.24, 2.45) is 0 Å². The van der Waals surface area contributed by atoms with E-state index in [-0.39, 0.29) is 18.9 Å². The van der Waals surface area contributed by atoms with Crippen LogP contribution in [0.2, 0.25) is 4.20 Å². The van der Waals surface area contributed by atoms with Crippen LogP contribution in [-0.4, -0.2) is 38.2 Å². The van der Waals surface area contributed by atoms with Crippen LogP contribution in [0.15, 0.2) is 61.2 Å². The van der Waals surface area contributed by atoms with Crippen LogP contribution in [0, 0.1) is 0 Å². The molecule has 2 aromatic carbocycles. The summed E-state index contributed by atoms with van der Waals surface area (Å²) >= 11 is -1.15. The molecule has 0 amide bonds. The molecule has 0 heterocycles. The number of fused-ring (bicyclic) bond motifs is 3. The molecule has 1 aliphatic rings. The molecule has 3 rings (SSSR count). The zero-order valence-corrected chi connectivity index (χ0v) is 16.4. The van der Waals surface area contributed by atoms with Crippen LogP contribution in [0.4, 0.5) is 4.79 Å². The molecule has 4 nitrogen and oxygen atoms in total. The first-order chi connectivity index (χ1) is 12.5. The number of carboxylic acids is 1. The number of allylic oxidation sites excluding steroid dienone is 1. The van der Waals surface area contributed by atoms with Gasteiger partial charge in [0.2, 0.25) is 0 Å². The first kappa shape index (κ1) is 18.5. The Balaban J connectivity index is 1.75. The zero-order chi connectivity index (χ0) is 18.7. The van der Waals surface area contributed by atoms with Gasteiger partial charge in [0, 0.05) is 0 Å². The standard InChI is InChI=1S/C21H20AsO4/c1-3-12-21(2,19(23)24)22-20(25)26-13-18-16-10-6-4-8-14(16)15-9-5-7-11-17(15)18/h3-11,18H,1,12-13H2,2H3,(H,23,24)/t21-/m1/s1. The first-order valence-corrected chi connectivity index (χ1v) is 10.3. The molecule has 1 N–H and O–H groups in total. The van der Waals surface area contributed by atoms with Crippen molar-refractivity contribution >= 4 is 26.5 Å². The van der Waals surface area contributed by atoms with Gasteiger partial charge in [-0.25, -0.2) is 0 Å². The summed E-state index contributed by atoms with van der Waals surface area (Å²) in [7, 11) is 0. The minimum atomic E-state index is -1.15. The predicted molar refractivity (Wildman–Crippen MR) is 102 cm³/mol. The Morgan fingerprint density at radius 2 is 1.69 bits per heavy atom. The molecule has 0 aliphatic heterocycles. The minimum absolute atomic E-state index is 0.0111. The molecule has 5 heteroatoms. The number of hydrogen-bond acceptors (Lipinski definition) is 3. The third kappa shape index (κ3) is 3.47. The molecule has 1 radical (unpaired) electrons. The number of aliphatic carboxylic acids is 1. The third-order valence-electron chi connectivity index (χ3n) is 4.68. The van der Waals surface area contributed by atoms with Crippen LogP contribution in [0.1, 0.15) is 30.4 Å². The van der Waals surface area contributed by atoms with Gasteiger partial charge >= 0.3 is 159 Å². The van der Waals surface area contributed by atoms with E-state index in [4.69, 9.17) is 4.74 Å². The van der Waals surface area contributed by atoms with Crippen molar-refractivity contribution in [2.45, 2.75) is 23.5 Å². The summed E-state index contributed by atoms with van der Waals surface area (Å²) in [6, 6.07) is 16.2. The van der Waals surface area contributed by atoms with Crippen molar-refractivity contribution in [3.63, 3.8) is 0 Å². The Hall–Kier alpha value is -2.32. The van der Waals surface area contributed by atoms with Crippen molar-refractivity contribution in [1.29, 1.82) is 0 Å². The van der Waals surface area contributed by atoms with Crippen molar-refractivity contribution in [3.8, 4) is 11.1 Å². The van der Waals surface area contributed by atoms with Gasteiger partial charge in [-0.05, 0) is 0 Å². The molecule has 26 heavy (non-hydrogen) atoms. The van der Waals surface area contributed by atoms with Crippen LogP contribution in [-0.2, 0) is 9.53 Å². The zero-order valence-electron chi connectivity index (χ0n) is 14.5. The topological polar surface area (TPSA) is 63.6 Å². The maximum atomic E-state index is 12.3. The Kier molecular flexibility index (Phi) is 5.33. The molecule has 0 aromatic heterocycles. The van der Waals surface area contributed by atoms with Crippen molar-refractivity contribution in [2.75, 3.05) is 6.61 Å². The Bertz CT molecular complexity index is 815. The van der Waals surface area contributed by atoms with E-state index < -0.39 is 30.7 Å². The normalized spacial score (nSPS) is 15.3. The van der Waals surface area contributed by atoms with E-state index in [1.807, 2.05) is 24.3 Å². The monoisotopic (exact) mass is 411 g/mol. The first-order valence-electron chi connectivity index (χ1n) is 8.38. The van der Waals surface area contributed by atoms with Crippen LogP contribution in [0.25, 0.3) is 11.1 Å². The fourth-order valence-corrected chi connectivity index (χ4v) is 5.09. The molecule has 0 saturated carbocycles. The quantitative estimate of drug-likeness (QED) is 0.539. The van der Waals surface area contributed by atoms with E-state index in [0.717, 1.165) is 11.1 Å². The summed E-state index contributed by atoms with van der Waals surface area (Å²) in [5.41, 5.74) is 4.62. The third-order valence-corrected chi connectivity index (χ3v) is 7.15. The van der Waals surface area contributed by atoms with Gasteiger partial charge in [0.1, 0.15) is 0 Å². The Labute approximate surface area is 159 Å². The van der Waals surface area contributed by atoms with Gasteiger partial charge in [-0.2, -0.15) is 0 Å². The van der Waals surface area contributed by atoms with E-state index in [0.29, 0.717) is 0 Å². The molecule has 0 unspecified atom stereocenters. The molecule has 2 aromatic rings. The summed E-state index contributed by atoms with van der Waals surface area (Å²) < 4.78 is 4.03. The molecule has 0 bridgehead atoms. The number of carbonyl (C=O) groups excluding carboxylic acids is 1. The fourth-order valence-electron chi connectivity index (χ4n) is 3.29. The summed E-state index contributed by atoms with van der Waals surface area (Å²) in [5, 5.41) is 9.42. The number of ether oxygens (including phenoxy) is 1. The van der Waals surface area contributed by atoms with E-state index in [1.165, 1.54) is 11.1 Å². The number of rotatable bonds is 7. The summed E-state index contributed by atoms with van der Waals surface area (Å²) in [6.45, 7) is 5.40. The van der Waals surface area contributed by atoms with Crippen molar-refractivity contribution in [1.82, 2.24) is 0 Å². The number of benzene rings is 2. The van der Waals surface area contributed by atoms with E-state index >= 15 is 0 Å². The van der Waals surface area contributed by atoms with Gasteiger partial charge in [-0.1, -0.05) is 0 Å². The average Bonchev–Trinajstić information content (AvgIpc) is 2.94. The number of carboxylic acid groups (broad SMARTS) is 1. The van der Waals surface area contributed by atoms with Gasteiger partial charge in [-0.3, -0.25) is 0 Å². The van der Waals surface area contributed by atoms with Crippen molar-refractivity contribution in [3.05, 3.63) is 72.3 Å². The van der Waals surface area contributed by atoms with Crippen molar-refractivity contribution < 1.29 is 19.4 Å². The maximum absolute atomic E-state index is 12.3. The molecular weight excluding hydrogens is 391 g/mol. The predicted octanol–water partition coefficient (Wildman–Crippen LogP) is 4.48. The number of carbonyl (C=O) groups is 2. The van der Waals surface area contributed by atoms with E-state index in [9.17, 15) is 14.7 Å². The molecule has 0 spiro atoms. The van der Waals surface area contributed by atoms with Crippen LogP contribution in [0.3, 0.4) is 0 Å². The average molecular weight is 411 g/mol. The van der Waals surface area contributed by atoms with E-state index in [2.05, 4.69) is 30.8 Å². The Morgan fingerprint density at radius 1 is 1.15 bits per heavy atom. The molecule has 0 fully saturated rings. The van der Waals surface area contributed by atoms with Crippen LogP contribution in [0.5, 0.6) is 0 Å². The van der Waals surface area contributed by atoms with Gasteiger partial charge in [-0.15, -0.1) is 0 Å². The molecule has 1 atom stereocenters. The van der Waals surface area contributed by atoms with Crippen LogP contribution < -0.4 is 0 Å². The van der Waals surface area contributed by atoms with Gasteiger partial charge in [0.25, 0.3) is 0 Å². The molecular formula is C21H20AsO4. The second kappa shape index (κ2) is 7.51. The van der Waals surface area contributed by atoms with Gasteiger partial charge < -0.3 is 0 Å².